The first-order valence-corrected chi connectivity index (χ1v) is 9.13. The maximum atomic E-state index is 11.9. The summed E-state index contributed by atoms with van der Waals surface area (Å²) < 4.78 is 5.45. The van der Waals surface area contributed by atoms with Crippen LogP contribution < -0.4 is 16.0 Å². The number of hydrogen-bond donors (Lipinski definition) is 3. The van der Waals surface area contributed by atoms with Crippen LogP contribution >= 0.6 is 23.1 Å². The number of imide groups is 1. The number of thiazole rings is 1. The second kappa shape index (κ2) is 7.61. The van der Waals surface area contributed by atoms with Crippen molar-refractivity contribution < 1.29 is 18.8 Å². The molecule has 2 unspecified atom stereocenters. The monoisotopic (exact) mass is 382 g/mol. The highest BCUT2D eigenvalue weighted by atomic mass is 32.2. The normalized spacial score (nSPS) is 20.0. The van der Waals surface area contributed by atoms with Crippen molar-refractivity contribution in [3.63, 3.8) is 0 Å². The molecule has 1 aliphatic rings. The van der Waals surface area contributed by atoms with Gasteiger partial charge in [0.1, 0.15) is 0 Å². The Labute approximate surface area is 150 Å². The fourth-order valence-corrected chi connectivity index (χ4v) is 3.31. The number of nitrogens with one attached hydrogen (secondary N) is 3. The predicted octanol–water partition coefficient (Wildman–Crippen LogP) is 0.643. The largest absolute Gasteiger partial charge is 0.416 e. The Morgan fingerprint density at radius 2 is 2.28 bits per heavy atom. The van der Waals surface area contributed by atoms with Gasteiger partial charge in [-0.1, -0.05) is 11.8 Å². The van der Waals surface area contributed by atoms with Gasteiger partial charge in [0.25, 0.3) is 5.22 Å². The molecule has 0 saturated carbocycles. The van der Waals surface area contributed by atoms with Crippen molar-refractivity contribution in [3.8, 4) is 0 Å². The van der Waals surface area contributed by atoms with Gasteiger partial charge in [-0.05, 0) is 6.92 Å². The molecule has 4 amide bonds. The molecular weight excluding hydrogens is 368 g/mol. The van der Waals surface area contributed by atoms with E-state index in [2.05, 4.69) is 31.1 Å². The number of rotatable bonds is 6. The standard InChI is InChI=1S/C13H14N6O4S2/c1-6-7(10(21)17-11(22)15-6)4-9-18-19-13(23-9)25-5-8(20)16-12-14-2-3-24-12/h2-3,6-7H,4-5H2,1H3,(H,14,16,20)(H2,15,17,21,22). The molecule has 10 nitrogen and oxygen atoms in total. The van der Waals surface area contributed by atoms with Gasteiger partial charge in [-0.15, -0.1) is 21.5 Å². The number of carbonyl (C=O) groups excluding carboxylic acids is 3. The van der Waals surface area contributed by atoms with Crippen LogP contribution in [-0.4, -0.2) is 44.8 Å². The molecule has 3 heterocycles. The van der Waals surface area contributed by atoms with Crippen LogP contribution in [0.2, 0.25) is 0 Å². The van der Waals surface area contributed by atoms with Gasteiger partial charge in [0.2, 0.25) is 17.7 Å². The molecule has 0 bridgehead atoms. The van der Waals surface area contributed by atoms with Crippen molar-refractivity contribution in [2.75, 3.05) is 11.1 Å². The molecule has 1 fully saturated rings. The molecule has 12 heteroatoms. The summed E-state index contributed by atoms with van der Waals surface area (Å²) >= 11 is 2.41. The maximum Gasteiger partial charge on any atom is 0.321 e. The van der Waals surface area contributed by atoms with E-state index in [-0.39, 0.29) is 41.1 Å². The minimum Gasteiger partial charge on any atom is -0.416 e. The highest BCUT2D eigenvalue weighted by molar-refractivity contribution is 7.99. The number of aromatic nitrogens is 3. The topological polar surface area (TPSA) is 139 Å². The molecule has 132 valence electrons. The van der Waals surface area contributed by atoms with E-state index in [4.69, 9.17) is 4.42 Å². The zero-order valence-corrected chi connectivity index (χ0v) is 14.6. The summed E-state index contributed by atoms with van der Waals surface area (Å²) in [5, 5.41) is 17.7. The minimum absolute atomic E-state index is 0.0948. The lowest BCUT2D eigenvalue weighted by molar-refractivity contribution is -0.125. The molecule has 0 aliphatic carbocycles. The Morgan fingerprint density at radius 1 is 1.44 bits per heavy atom. The van der Waals surface area contributed by atoms with E-state index in [1.54, 1.807) is 18.5 Å². The highest BCUT2D eigenvalue weighted by Gasteiger charge is 2.34. The van der Waals surface area contributed by atoms with Gasteiger partial charge in [-0.2, -0.15) is 0 Å². The minimum atomic E-state index is -0.512. The summed E-state index contributed by atoms with van der Waals surface area (Å²) in [6.45, 7) is 1.73. The van der Waals surface area contributed by atoms with Crippen LogP contribution in [0.5, 0.6) is 0 Å². The highest BCUT2D eigenvalue weighted by Crippen LogP contribution is 2.20. The Kier molecular flexibility index (Phi) is 5.28. The summed E-state index contributed by atoms with van der Waals surface area (Å²) in [4.78, 5) is 38.8. The number of amides is 4. The molecule has 2 aromatic rings. The second-order valence-corrected chi connectivity index (χ2v) is 7.02. The van der Waals surface area contributed by atoms with E-state index in [1.165, 1.54) is 11.3 Å². The Hall–Kier alpha value is -2.47. The lowest BCUT2D eigenvalue weighted by atomic mass is 9.95. The fraction of sp³-hybridized carbons (Fsp3) is 0.385. The first kappa shape index (κ1) is 17.4. The van der Waals surface area contributed by atoms with Crippen LogP contribution in [0.15, 0.2) is 21.2 Å². The lowest BCUT2D eigenvalue weighted by Gasteiger charge is -2.27. The molecule has 3 rings (SSSR count). The number of carbonyl (C=O) groups is 3. The summed E-state index contributed by atoms with van der Waals surface area (Å²) in [7, 11) is 0. The summed E-state index contributed by atoms with van der Waals surface area (Å²) in [6, 6.07) is -0.852. The van der Waals surface area contributed by atoms with Crippen molar-refractivity contribution in [3.05, 3.63) is 17.5 Å². The summed E-state index contributed by atoms with van der Waals surface area (Å²) in [5.41, 5.74) is 0. The Morgan fingerprint density at radius 3 is 3.00 bits per heavy atom. The number of nitrogens with zero attached hydrogens (tertiary/aromatic N) is 3. The van der Waals surface area contributed by atoms with E-state index >= 15 is 0 Å². The molecule has 2 atom stereocenters. The van der Waals surface area contributed by atoms with Crippen LogP contribution in [0.1, 0.15) is 12.8 Å². The van der Waals surface area contributed by atoms with Crippen LogP contribution in [0.25, 0.3) is 0 Å². The van der Waals surface area contributed by atoms with Gasteiger partial charge in [-0.25, -0.2) is 9.78 Å². The molecule has 0 spiro atoms. The molecule has 3 N–H and O–H groups in total. The van der Waals surface area contributed by atoms with Gasteiger partial charge in [0.05, 0.1) is 11.7 Å². The third-order valence-electron chi connectivity index (χ3n) is 3.38. The molecule has 0 radical (unpaired) electrons. The summed E-state index contributed by atoms with van der Waals surface area (Å²) in [6.07, 6.45) is 1.80. The number of anilines is 1. The Bertz CT molecular complexity index is 777. The first-order valence-electron chi connectivity index (χ1n) is 7.27. The van der Waals surface area contributed by atoms with E-state index in [1.807, 2.05) is 0 Å². The number of urea groups is 1. The van der Waals surface area contributed by atoms with Crippen LogP contribution in [0.3, 0.4) is 0 Å². The van der Waals surface area contributed by atoms with Crippen molar-refractivity contribution in [1.82, 2.24) is 25.8 Å². The smallest absolute Gasteiger partial charge is 0.321 e. The van der Waals surface area contributed by atoms with Crippen molar-refractivity contribution in [1.29, 1.82) is 0 Å². The second-order valence-electron chi connectivity index (χ2n) is 5.20. The van der Waals surface area contributed by atoms with Crippen molar-refractivity contribution >= 4 is 46.1 Å². The fourth-order valence-electron chi connectivity index (χ4n) is 2.18. The number of hydrogen-bond acceptors (Lipinski definition) is 9. The quantitative estimate of drug-likeness (QED) is 0.619. The maximum absolute atomic E-state index is 11.9. The first-order chi connectivity index (χ1) is 12.0. The average Bonchev–Trinajstić information content (AvgIpc) is 3.20. The van der Waals surface area contributed by atoms with E-state index in [9.17, 15) is 14.4 Å². The van der Waals surface area contributed by atoms with E-state index in [0.29, 0.717) is 5.13 Å². The van der Waals surface area contributed by atoms with Gasteiger partial charge >= 0.3 is 6.03 Å². The Balaban J connectivity index is 1.51. The summed E-state index contributed by atoms with van der Waals surface area (Å²) in [5.74, 6) is -0.748. The average molecular weight is 382 g/mol. The molecular formula is C13H14N6O4S2. The van der Waals surface area contributed by atoms with Gasteiger partial charge < -0.3 is 15.1 Å². The molecule has 2 aromatic heterocycles. The number of thioether (sulfide) groups is 1. The van der Waals surface area contributed by atoms with Gasteiger partial charge in [0.15, 0.2) is 5.13 Å². The van der Waals surface area contributed by atoms with Crippen LogP contribution in [0.4, 0.5) is 9.93 Å². The van der Waals surface area contributed by atoms with Crippen molar-refractivity contribution in [2.45, 2.75) is 24.6 Å². The third-order valence-corrected chi connectivity index (χ3v) is 4.89. The lowest BCUT2D eigenvalue weighted by Crippen LogP contribution is -2.57. The molecule has 1 aliphatic heterocycles. The van der Waals surface area contributed by atoms with E-state index in [0.717, 1.165) is 11.8 Å². The van der Waals surface area contributed by atoms with Crippen LogP contribution in [-0.2, 0) is 16.0 Å². The van der Waals surface area contributed by atoms with Crippen molar-refractivity contribution in [2.24, 2.45) is 5.92 Å². The van der Waals surface area contributed by atoms with Gasteiger partial charge in [0, 0.05) is 24.0 Å². The van der Waals surface area contributed by atoms with Crippen LogP contribution in [0, 0.1) is 5.92 Å². The van der Waals surface area contributed by atoms with E-state index < -0.39 is 11.9 Å². The SMILES string of the molecule is CC1NC(=O)NC(=O)C1Cc1nnc(SCC(=O)Nc2nccs2)o1. The molecule has 1 saturated heterocycles. The third kappa shape index (κ3) is 4.54. The zero-order chi connectivity index (χ0) is 17.8. The predicted molar refractivity (Wildman–Crippen MR) is 89.1 cm³/mol. The molecule has 0 aromatic carbocycles. The van der Waals surface area contributed by atoms with Gasteiger partial charge in [-0.3, -0.25) is 14.9 Å². The zero-order valence-electron chi connectivity index (χ0n) is 13.0. The molecule has 25 heavy (non-hydrogen) atoms.